The lowest BCUT2D eigenvalue weighted by Crippen LogP contribution is -2.37. The average molecular weight is 405 g/mol. The normalized spacial score (nSPS) is 23.7. The Bertz CT molecular complexity index is 975. The highest BCUT2D eigenvalue weighted by atomic mass is 35.5. The van der Waals surface area contributed by atoms with Crippen LogP contribution in [0.3, 0.4) is 0 Å². The van der Waals surface area contributed by atoms with Gasteiger partial charge in [0.15, 0.2) is 9.84 Å². The van der Waals surface area contributed by atoms with E-state index in [-0.39, 0.29) is 29.6 Å². The molecular formula is C20H21ClN2O3S. The van der Waals surface area contributed by atoms with E-state index in [9.17, 15) is 13.2 Å². The first-order valence-electron chi connectivity index (χ1n) is 9.02. The van der Waals surface area contributed by atoms with Crippen LogP contribution in [-0.4, -0.2) is 42.9 Å². The van der Waals surface area contributed by atoms with Crippen molar-refractivity contribution in [3.63, 3.8) is 0 Å². The molecule has 2 aliphatic rings. The van der Waals surface area contributed by atoms with E-state index < -0.39 is 9.84 Å². The summed E-state index contributed by atoms with van der Waals surface area (Å²) in [6.45, 7) is 2.37. The third-order valence-corrected chi connectivity index (χ3v) is 7.47. The second-order valence-corrected chi connectivity index (χ2v) is 9.66. The molecule has 2 atom stereocenters. The summed E-state index contributed by atoms with van der Waals surface area (Å²) in [5, 5.41) is 0.577. The van der Waals surface area contributed by atoms with Crippen molar-refractivity contribution in [2.24, 2.45) is 0 Å². The molecule has 2 saturated heterocycles. The van der Waals surface area contributed by atoms with Gasteiger partial charge < -0.3 is 4.90 Å². The van der Waals surface area contributed by atoms with Crippen molar-refractivity contribution < 1.29 is 13.2 Å². The van der Waals surface area contributed by atoms with Gasteiger partial charge in [-0.2, -0.15) is 0 Å². The van der Waals surface area contributed by atoms with Crippen LogP contribution in [0.5, 0.6) is 0 Å². The van der Waals surface area contributed by atoms with Crippen LogP contribution in [0, 0.1) is 0 Å². The molecule has 0 radical (unpaired) electrons. The lowest BCUT2D eigenvalue weighted by atomic mass is 10.1. The summed E-state index contributed by atoms with van der Waals surface area (Å²) in [4.78, 5) is 16.5. The molecule has 0 N–H and O–H groups in total. The van der Waals surface area contributed by atoms with Gasteiger partial charge in [0, 0.05) is 17.3 Å². The molecule has 0 unspecified atom stereocenters. The van der Waals surface area contributed by atoms with Gasteiger partial charge in [0.05, 0.1) is 23.6 Å². The fourth-order valence-corrected chi connectivity index (χ4v) is 6.11. The lowest BCUT2D eigenvalue weighted by Gasteiger charge is -2.23. The third kappa shape index (κ3) is 3.32. The Morgan fingerprint density at radius 3 is 2.37 bits per heavy atom. The zero-order valence-electron chi connectivity index (χ0n) is 15.0. The van der Waals surface area contributed by atoms with Gasteiger partial charge in [0.25, 0.3) is 0 Å². The molecule has 2 heterocycles. The number of halogens is 1. The van der Waals surface area contributed by atoms with E-state index in [0.717, 1.165) is 17.7 Å². The van der Waals surface area contributed by atoms with Gasteiger partial charge in [-0.15, -0.1) is 0 Å². The largest absolute Gasteiger partial charge is 0.325 e. The molecule has 5 nitrogen and oxygen atoms in total. The maximum Gasteiger partial charge on any atom is 0.325 e. The number of hydrogen-bond donors (Lipinski definition) is 0. The minimum Gasteiger partial charge on any atom is -0.314 e. The molecule has 7 heteroatoms. The first-order valence-corrected chi connectivity index (χ1v) is 11.2. The lowest BCUT2D eigenvalue weighted by molar-refractivity contribution is 0.206. The van der Waals surface area contributed by atoms with Crippen molar-refractivity contribution in [1.29, 1.82) is 0 Å². The minimum absolute atomic E-state index is 0.00203. The summed E-state index contributed by atoms with van der Waals surface area (Å²) >= 11 is 6.27. The van der Waals surface area contributed by atoms with Crippen LogP contribution in [0.2, 0.25) is 5.02 Å². The second kappa shape index (κ2) is 6.84. The van der Waals surface area contributed by atoms with E-state index in [1.165, 1.54) is 5.56 Å². The topological polar surface area (TPSA) is 57.7 Å². The highest BCUT2D eigenvalue weighted by molar-refractivity contribution is 7.91. The molecule has 2 aromatic rings. The van der Waals surface area contributed by atoms with E-state index in [2.05, 4.69) is 6.92 Å². The summed E-state index contributed by atoms with van der Waals surface area (Å²) in [6.07, 6.45) is 0.910. The van der Waals surface area contributed by atoms with Gasteiger partial charge in [-0.1, -0.05) is 48.9 Å². The number of amides is 2. The van der Waals surface area contributed by atoms with Gasteiger partial charge in [-0.3, -0.25) is 4.90 Å². The van der Waals surface area contributed by atoms with Crippen molar-refractivity contribution in [2.45, 2.75) is 32.0 Å². The number of rotatable bonds is 4. The number of nitrogens with zero attached hydrogens (tertiary/aromatic N) is 2. The standard InChI is InChI=1S/C20H21ClN2O3S/c1-2-14-7-9-16(10-8-14)23-19-13-27(25,26)12-18(19)22(20(23)24)11-15-5-3-4-6-17(15)21/h3-10,18-19H,2,11-13H2,1H3/t18-,19-/m0/s1. The van der Waals surface area contributed by atoms with Crippen LogP contribution < -0.4 is 4.90 Å². The van der Waals surface area contributed by atoms with Crippen LogP contribution in [0.15, 0.2) is 48.5 Å². The molecule has 142 valence electrons. The highest BCUT2D eigenvalue weighted by Gasteiger charge is 2.53. The van der Waals surface area contributed by atoms with Crippen molar-refractivity contribution in [3.05, 3.63) is 64.7 Å². The Hall–Kier alpha value is -2.05. The minimum atomic E-state index is -3.19. The molecule has 2 aliphatic heterocycles. The molecule has 2 amide bonds. The molecule has 4 rings (SSSR count). The van der Waals surface area contributed by atoms with Gasteiger partial charge in [0.1, 0.15) is 0 Å². The Morgan fingerprint density at radius 1 is 1.04 bits per heavy atom. The SMILES string of the molecule is CCc1ccc(N2C(=O)N(Cc3ccccc3Cl)[C@H]3CS(=O)(=O)C[C@@H]32)cc1. The van der Waals surface area contributed by atoms with Crippen LogP contribution in [0.1, 0.15) is 18.1 Å². The van der Waals surface area contributed by atoms with Gasteiger partial charge in [-0.05, 0) is 35.7 Å². The fourth-order valence-electron chi connectivity index (χ4n) is 3.97. The van der Waals surface area contributed by atoms with E-state index >= 15 is 0 Å². The van der Waals surface area contributed by atoms with E-state index in [4.69, 9.17) is 11.6 Å². The number of hydrogen-bond acceptors (Lipinski definition) is 3. The number of sulfone groups is 1. The fraction of sp³-hybridized carbons (Fsp3) is 0.350. The first kappa shape index (κ1) is 18.3. The molecule has 2 fully saturated rings. The summed E-state index contributed by atoms with van der Waals surface area (Å²) in [5.41, 5.74) is 2.73. The summed E-state index contributed by atoms with van der Waals surface area (Å²) in [6, 6.07) is 14.2. The van der Waals surface area contributed by atoms with Gasteiger partial charge in [-0.25, -0.2) is 13.2 Å². The Kier molecular flexibility index (Phi) is 4.64. The maximum absolute atomic E-state index is 13.2. The highest BCUT2D eigenvalue weighted by Crippen LogP contribution is 2.36. The first-order chi connectivity index (χ1) is 12.9. The van der Waals surface area contributed by atoms with E-state index in [1.807, 2.05) is 42.5 Å². The second-order valence-electron chi connectivity index (χ2n) is 7.10. The van der Waals surface area contributed by atoms with Crippen molar-refractivity contribution in [3.8, 4) is 0 Å². The molecule has 0 saturated carbocycles. The number of aryl methyl sites for hydroxylation is 1. The zero-order valence-corrected chi connectivity index (χ0v) is 16.6. The summed E-state index contributed by atoms with van der Waals surface area (Å²) in [5.74, 6) is -0.00460. The zero-order chi connectivity index (χ0) is 19.2. The van der Waals surface area contributed by atoms with Gasteiger partial charge in [0.2, 0.25) is 0 Å². The van der Waals surface area contributed by atoms with Crippen LogP contribution in [-0.2, 0) is 22.8 Å². The molecule has 2 aromatic carbocycles. The number of anilines is 1. The maximum atomic E-state index is 13.2. The Labute approximate surface area is 164 Å². The number of urea groups is 1. The van der Waals surface area contributed by atoms with Crippen molar-refractivity contribution in [1.82, 2.24) is 4.90 Å². The molecule has 0 aromatic heterocycles. The quantitative estimate of drug-likeness (QED) is 0.732. The Morgan fingerprint density at radius 2 is 1.70 bits per heavy atom. The number of carbonyl (C=O) groups excluding carboxylic acids is 1. The molecular weight excluding hydrogens is 384 g/mol. The van der Waals surface area contributed by atoms with E-state index in [1.54, 1.807) is 15.9 Å². The smallest absolute Gasteiger partial charge is 0.314 e. The van der Waals surface area contributed by atoms with Crippen molar-refractivity contribution >= 4 is 33.2 Å². The predicted molar refractivity (Wildman–Crippen MR) is 107 cm³/mol. The van der Waals surface area contributed by atoms with Crippen LogP contribution >= 0.6 is 11.6 Å². The van der Waals surface area contributed by atoms with E-state index in [0.29, 0.717) is 11.6 Å². The van der Waals surface area contributed by atoms with Crippen LogP contribution in [0.25, 0.3) is 0 Å². The van der Waals surface area contributed by atoms with Crippen LogP contribution in [0.4, 0.5) is 10.5 Å². The monoisotopic (exact) mass is 404 g/mol. The van der Waals surface area contributed by atoms with Crippen molar-refractivity contribution in [2.75, 3.05) is 16.4 Å². The Balaban J connectivity index is 1.70. The van der Waals surface area contributed by atoms with Gasteiger partial charge >= 0.3 is 6.03 Å². The predicted octanol–water partition coefficient (Wildman–Crippen LogP) is 3.51. The molecule has 0 aliphatic carbocycles. The number of carbonyl (C=O) groups is 1. The average Bonchev–Trinajstić information content (AvgIpc) is 3.07. The molecule has 27 heavy (non-hydrogen) atoms. The third-order valence-electron chi connectivity index (χ3n) is 5.40. The molecule has 0 bridgehead atoms. The summed E-state index contributed by atoms with van der Waals surface area (Å²) < 4.78 is 24.6. The number of fused-ring (bicyclic) bond motifs is 1. The summed E-state index contributed by atoms with van der Waals surface area (Å²) in [7, 11) is -3.19. The number of benzene rings is 2. The molecule has 0 spiro atoms.